The molecule has 1 unspecified atom stereocenters. The summed E-state index contributed by atoms with van der Waals surface area (Å²) < 4.78 is 5.23. The zero-order valence-corrected chi connectivity index (χ0v) is 10.2. The molecule has 1 N–H and O–H groups in total. The summed E-state index contributed by atoms with van der Waals surface area (Å²) in [4.78, 5) is 4.43. The van der Waals surface area contributed by atoms with Crippen LogP contribution in [0.4, 0.5) is 0 Å². The van der Waals surface area contributed by atoms with Crippen molar-refractivity contribution in [2.24, 2.45) is 5.92 Å². The minimum absolute atomic E-state index is 0.540. The highest BCUT2D eigenvalue weighted by Gasteiger charge is 2.16. The fraction of sp³-hybridized carbons (Fsp3) is 0.833. The fourth-order valence-corrected chi connectivity index (χ4v) is 2.12. The lowest BCUT2D eigenvalue weighted by molar-refractivity contribution is 0.350. The Morgan fingerprint density at radius 3 is 3.00 bits per heavy atom. The van der Waals surface area contributed by atoms with Gasteiger partial charge in [-0.15, -0.1) is 0 Å². The summed E-state index contributed by atoms with van der Waals surface area (Å²) in [5.74, 6) is 2.21. The maximum absolute atomic E-state index is 5.23. The maximum Gasteiger partial charge on any atom is 0.226 e. The highest BCUT2D eigenvalue weighted by molar-refractivity contribution is 4.91. The lowest BCUT2D eigenvalue weighted by Gasteiger charge is -2.21. The molecule has 4 heteroatoms. The fourth-order valence-electron chi connectivity index (χ4n) is 2.12. The third-order valence-corrected chi connectivity index (χ3v) is 2.93. The molecule has 1 aromatic rings. The summed E-state index contributed by atoms with van der Waals surface area (Å²) in [5.41, 5.74) is 0. The number of rotatable bonds is 4. The maximum atomic E-state index is 5.23. The average Bonchev–Trinajstić information content (AvgIpc) is 2.66. The van der Waals surface area contributed by atoms with Gasteiger partial charge in [0.05, 0.1) is 0 Å². The lowest BCUT2D eigenvalue weighted by Crippen LogP contribution is -2.35. The Labute approximate surface area is 96.8 Å². The van der Waals surface area contributed by atoms with Gasteiger partial charge in [0.25, 0.3) is 0 Å². The molecule has 0 saturated carbocycles. The highest BCUT2D eigenvalue weighted by atomic mass is 16.5. The summed E-state index contributed by atoms with van der Waals surface area (Å²) in [6, 6.07) is 0.540. The molecule has 4 nitrogen and oxygen atoms in total. The molecule has 2 rings (SSSR count). The summed E-state index contributed by atoms with van der Waals surface area (Å²) in [6.07, 6.45) is 5.62. The summed E-state index contributed by atoms with van der Waals surface area (Å²) >= 11 is 0. The van der Waals surface area contributed by atoms with Gasteiger partial charge in [0.2, 0.25) is 5.89 Å². The van der Waals surface area contributed by atoms with Crippen LogP contribution in [0.3, 0.4) is 0 Å². The number of nitrogens with one attached hydrogen (secondary N) is 1. The van der Waals surface area contributed by atoms with Gasteiger partial charge in [-0.1, -0.05) is 25.4 Å². The van der Waals surface area contributed by atoms with E-state index in [1.165, 1.54) is 19.3 Å². The van der Waals surface area contributed by atoms with Gasteiger partial charge in [0.15, 0.2) is 5.82 Å². The second-order valence-corrected chi connectivity index (χ2v) is 5.05. The standard InChI is InChI=1S/C12H21N3O/c1-9(2)7-12-14-11(15-16-12)8-10-5-3-4-6-13-10/h9-10,13H,3-8H2,1-2H3. The smallest absolute Gasteiger partial charge is 0.226 e. The van der Waals surface area contributed by atoms with Crippen LogP contribution >= 0.6 is 0 Å². The quantitative estimate of drug-likeness (QED) is 0.847. The average molecular weight is 223 g/mol. The predicted octanol–water partition coefficient (Wildman–Crippen LogP) is 1.95. The van der Waals surface area contributed by atoms with E-state index in [4.69, 9.17) is 4.52 Å². The molecule has 1 aliphatic heterocycles. The molecule has 0 amide bonds. The van der Waals surface area contributed by atoms with Crippen molar-refractivity contribution in [3.8, 4) is 0 Å². The molecule has 1 saturated heterocycles. The number of piperidine rings is 1. The van der Waals surface area contributed by atoms with Crippen LogP contribution in [0.1, 0.15) is 44.8 Å². The Bertz CT molecular complexity index is 316. The SMILES string of the molecule is CC(C)Cc1nc(CC2CCCCN2)no1. The molecular weight excluding hydrogens is 202 g/mol. The number of hydrogen-bond donors (Lipinski definition) is 1. The second-order valence-electron chi connectivity index (χ2n) is 5.05. The zero-order valence-electron chi connectivity index (χ0n) is 10.2. The van der Waals surface area contributed by atoms with Gasteiger partial charge in [-0.2, -0.15) is 4.98 Å². The van der Waals surface area contributed by atoms with Gasteiger partial charge in [-0.05, 0) is 25.3 Å². The first kappa shape index (κ1) is 11.6. The Morgan fingerprint density at radius 2 is 2.31 bits per heavy atom. The van der Waals surface area contributed by atoms with E-state index in [0.717, 1.165) is 31.1 Å². The molecule has 16 heavy (non-hydrogen) atoms. The molecule has 1 aromatic heterocycles. The van der Waals surface area contributed by atoms with Crippen molar-refractivity contribution in [1.82, 2.24) is 15.5 Å². The third-order valence-electron chi connectivity index (χ3n) is 2.93. The predicted molar refractivity (Wildman–Crippen MR) is 62.2 cm³/mol. The van der Waals surface area contributed by atoms with Crippen LogP contribution in [-0.4, -0.2) is 22.7 Å². The second kappa shape index (κ2) is 5.43. The molecule has 0 aliphatic carbocycles. The van der Waals surface area contributed by atoms with Gasteiger partial charge in [0.1, 0.15) is 0 Å². The van der Waals surface area contributed by atoms with Crippen molar-refractivity contribution in [2.75, 3.05) is 6.54 Å². The normalized spacial score (nSPS) is 21.6. The molecule has 2 heterocycles. The van der Waals surface area contributed by atoms with E-state index >= 15 is 0 Å². The van der Waals surface area contributed by atoms with Gasteiger partial charge in [0, 0.05) is 18.9 Å². The van der Waals surface area contributed by atoms with Gasteiger partial charge < -0.3 is 9.84 Å². The van der Waals surface area contributed by atoms with Crippen LogP contribution in [0.2, 0.25) is 0 Å². The van der Waals surface area contributed by atoms with Crippen molar-refractivity contribution in [1.29, 1.82) is 0 Å². The first-order chi connectivity index (χ1) is 7.74. The van der Waals surface area contributed by atoms with Crippen LogP contribution in [-0.2, 0) is 12.8 Å². The van der Waals surface area contributed by atoms with Crippen molar-refractivity contribution in [3.05, 3.63) is 11.7 Å². The number of aromatic nitrogens is 2. The van der Waals surface area contributed by atoms with E-state index in [-0.39, 0.29) is 0 Å². The van der Waals surface area contributed by atoms with Crippen LogP contribution in [0.15, 0.2) is 4.52 Å². The largest absolute Gasteiger partial charge is 0.339 e. The van der Waals surface area contributed by atoms with Crippen LogP contribution < -0.4 is 5.32 Å². The van der Waals surface area contributed by atoms with Crippen molar-refractivity contribution < 1.29 is 4.52 Å². The Hall–Kier alpha value is -0.900. The zero-order chi connectivity index (χ0) is 11.4. The molecular formula is C12H21N3O. The Kier molecular flexibility index (Phi) is 3.93. The van der Waals surface area contributed by atoms with Crippen LogP contribution in [0.25, 0.3) is 0 Å². The number of hydrogen-bond acceptors (Lipinski definition) is 4. The number of nitrogens with zero attached hydrogens (tertiary/aromatic N) is 2. The van der Waals surface area contributed by atoms with E-state index in [2.05, 4.69) is 29.3 Å². The first-order valence-electron chi connectivity index (χ1n) is 6.29. The molecule has 0 radical (unpaired) electrons. The Morgan fingerprint density at radius 1 is 1.44 bits per heavy atom. The first-order valence-corrected chi connectivity index (χ1v) is 6.29. The van der Waals surface area contributed by atoms with Gasteiger partial charge in [-0.3, -0.25) is 0 Å². The molecule has 90 valence electrons. The minimum Gasteiger partial charge on any atom is -0.339 e. The Balaban J connectivity index is 1.86. The summed E-state index contributed by atoms with van der Waals surface area (Å²) in [5, 5.41) is 7.53. The van der Waals surface area contributed by atoms with Crippen LogP contribution in [0, 0.1) is 5.92 Å². The molecule has 0 aromatic carbocycles. The topological polar surface area (TPSA) is 51.0 Å². The van der Waals surface area contributed by atoms with E-state index in [1.807, 2.05) is 0 Å². The van der Waals surface area contributed by atoms with Crippen molar-refractivity contribution in [2.45, 2.75) is 52.0 Å². The van der Waals surface area contributed by atoms with E-state index in [1.54, 1.807) is 0 Å². The van der Waals surface area contributed by atoms with E-state index in [0.29, 0.717) is 12.0 Å². The van der Waals surface area contributed by atoms with Gasteiger partial charge >= 0.3 is 0 Å². The van der Waals surface area contributed by atoms with Gasteiger partial charge in [-0.25, -0.2) is 0 Å². The molecule has 1 fully saturated rings. The molecule has 0 bridgehead atoms. The van der Waals surface area contributed by atoms with Crippen LogP contribution in [0.5, 0.6) is 0 Å². The van der Waals surface area contributed by atoms with E-state index in [9.17, 15) is 0 Å². The summed E-state index contributed by atoms with van der Waals surface area (Å²) in [6.45, 7) is 5.44. The van der Waals surface area contributed by atoms with Crippen molar-refractivity contribution >= 4 is 0 Å². The summed E-state index contributed by atoms with van der Waals surface area (Å²) in [7, 11) is 0. The monoisotopic (exact) mass is 223 g/mol. The molecule has 1 aliphatic rings. The van der Waals surface area contributed by atoms with E-state index < -0.39 is 0 Å². The van der Waals surface area contributed by atoms with Crippen molar-refractivity contribution in [3.63, 3.8) is 0 Å². The highest BCUT2D eigenvalue weighted by Crippen LogP contribution is 2.12. The minimum atomic E-state index is 0.540. The molecule has 1 atom stereocenters. The third kappa shape index (κ3) is 3.30. The molecule has 0 spiro atoms. The lowest BCUT2D eigenvalue weighted by atomic mass is 10.0.